The number of aryl methyl sites for hydroxylation is 1. The van der Waals surface area contributed by atoms with Gasteiger partial charge in [0.1, 0.15) is 0 Å². The maximum Gasteiger partial charge on any atom is 0.0566 e. The Kier molecular flexibility index (Phi) is 4.82. The van der Waals surface area contributed by atoms with Gasteiger partial charge >= 0.3 is 0 Å². The van der Waals surface area contributed by atoms with Crippen LogP contribution in [-0.2, 0) is 6.42 Å². The van der Waals surface area contributed by atoms with Crippen LogP contribution in [0.2, 0.25) is 0 Å². The van der Waals surface area contributed by atoms with Crippen LogP contribution >= 0.6 is 11.3 Å². The number of hydrogen-bond acceptors (Lipinski definition) is 3. The summed E-state index contributed by atoms with van der Waals surface area (Å²) in [4.78, 5) is 5.58. The van der Waals surface area contributed by atoms with Crippen molar-refractivity contribution >= 4 is 11.3 Å². The van der Waals surface area contributed by atoms with Crippen LogP contribution in [0.1, 0.15) is 49.4 Å². The fourth-order valence-corrected chi connectivity index (χ4v) is 4.18. The molecule has 2 nitrogen and oxygen atoms in total. The van der Waals surface area contributed by atoms with Gasteiger partial charge in [0.05, 0.1) is 6.04 Å². The average Bonchev–Trinajstić information content (AvgIpc) is 2.98. The molecule has 18 heavy (non-hydrogen) atoms. The molecule has 1 saturated heterocycles. The van der Waals surface area contributed by atoms with Crippen LogP contribution in [0, 0.1) is 5.92 Å². The predicted molar refractivity (Wildman–Crippen MR) is 80.1 cm³/mol. The molecular formula is C15H26N2S. The Morgan fingerprint density at radius 3 is 2.78 bits per heavy atom. The molecule has 1 aromatic heterocycles. The van der Waals surface area contributed by atoms with Crippen LogP contribution in [0.4, 0.5) is 0 Å². The monoisotopic (exact) mass is 266 g/mol. The molecule has 0 amide bonds. The summed E-state index contributed by atoms with van der Waals surface area (Å²) in [7, 11) is 0. The summed E-state index contributed by atoms with van der Waals surface area (Å²) in [6.07, 6.45) is 3.79. The van der Waals surface area contributed by atoms with E-state index in [9.17, 15) is 0 Å². The van der Waals surface area contributed by atoms with Crippen molar-refractivity contribution in [1.29, 1.82) is 0 Å². The van der Waals surface area contributed by atoms with Crippen molar-refractivity contribution in [3.8, 4) is 0 Å². The number of nitrogens with zero attached hydrogens (tertiary/aromatic N) is 1. The molecule has 0 aromatic carbocycles. The molecule has 0 bridgehead atoms. The van der Waals surface area contributed by atoms with Gasteiger partial charge in [-0.05, 0) is 43.9 Å². The minimum atomic E-state index is 0.435. The van der Waals surface area contributed by atoms with E-state index in [-0.39, 0.29) is 0 Å². The number of thiophene rings is 1. The zero-order chi connectivity index (χ0) is 13.1. The van der Waals surface area contributed by atoms with E-state index in [0.717, 1.165) is 18.9 Å². The number of rotatable bonds is 5. The van der Waals surface area contributed by atoms with Gasteiger partial charge in [-0.15, -0.1) is 11.3 Å². The number of hydrogen-bond donors (Lipinski definition) is 1. The molecular weight excluding hydrogens is 240 g/mol. The van der Waals surface area contributed by atoms with Gasteiger partial charge in [-0.25, -0.2) is 0 Å². The Bertz CT molecular complexity index is 372. The summed E-state index contributed by atoms with van der Waals surface area (Å²) in [5.74, 6) is 0.729. The highest BCUT2D eigenvalue weighted by atomic mass is 32.1. The molecule has 1 aliphatic heterocycles. The summed E-state index contributed by atoms with van der Waals surface area (Å²) < 4.78 is 0. The molecule has 3 heteroatoms. The first-order valence-electron chi connectivity index (χ1n) is 7.21. The molecule has 2 unspecified atom stereocenters. The van der Waals surface area contributed by atoms with E-state index < -0.39 is 0 Å². The van der Waals surface area contributed by atoms with E-state index in [1.54, 1.807) is 0 Å². The van der Waals surface area contributed by atoms with Gasteiger partial charge in [0, 0.05) is 22.3 Å². The molecule has 1 aliphatic rings. The maximum absolute atomic E-state index is 6.06. The summed E-state index contributed by atoms with van der Waals surface area (Å²) in [6, 6.07) is 5.70. The third-order valence-corrected chi connectivity index (χ3v) is 5.43. The molecule has 1 aromatic rings. The standard InChI is InChI=1S/C15H26N2S/c1-4-12-7-8-15(18-12)14(10-16)17-9-5-6-13(17)11(2)3/h7-8,11,13-14H,4-6,9-10,16H2,1-3H3. The zero-order valence-corrected chi connectivity index (χ0v) is 12.7. The van der Waals surface area contributed by atoms with Crippen molar-refractivity contribution in [3.63, 3.8) is 0 Å². The van der Waals surface area contributed by atoms with Gasteiger partial charge in [0.25, 0.3) is 0 Å². The zero-order valence-electron chi connectivity index (χ0n) is 11.9. The van der Waals surface area contributed by atoms with E-state index in [0.29, 0.717) is 12.1 Å². The molecule has 2 atom stereocenters. The normalized spacial score (nSPS) is 22.8. The molecule has 2 heterocycles. The highest BCUT2D eigenvalue weighted by Gasteiger charge is 2.33. The number of likely N-dealkylation sites (tertiary alicyclic amines) is 1. The highest BCUT2D eigenvalue weighted by molar-refractivity contribution is 7.12. The molecule has 0 spiro atoms. The summed E-state index contributed by atoms with van der Waals surface area (Å²) >= 11 is 1.94. The third-order valence-electron chi connectivity index (χ3n) is 4.09. The van der Waals surface area contributed by atoms with E-state index in [4.69, 9.17) is 5.73 Å². The van der Waals surface area contributed by atoms with E-state index in [1.165, 1.54) is 29.1 Å². The van der Waals surface area contributed by atoms with E-state index >= 15 is 0 Å². The van der Waals surface area contributed by atoms with Gasteiger partial charge in [0.15, 0.2) is 0 Å². The average molecular weight is 266 g/mol. The molecule has 102 valence electrons. The summed E-state index contributed by atoms with van der Waals surface area (Å²) in [5, 5.41) is 0. The SMILES string of the molecule is CCc1ccc(C(CN)N2CCCC2C(C)C)s1. The Hall–Kier alpha value is -0.380. The van der Waals surface area contributed by atoms with Gasteiger partial charge in [-0.1, -0.05) is 20.8 Å². The van der Waals surface area contributed by atoms with E-state index in [2.05, 4.69) is 37.8 Å². The second-order valence-electron chi connectivity index (χ2n) is 5.60. The second-order valence-corrected chi connectivity index (χ2v) is 6.80. The molecule has 2 N–H and O–H groups in total. The van der Waals surface area contributed by atoms with Gasteiger partial charge in [-0.2, -0.15) is 0 Å². The minimum Gasteiger partial charge on any atom is -0.329 e. The van der Waals surface area contributed by atoms with Gasteiger partial charge in [0.2, 0.25) is 0 Å². The third kappa shape index (κ3) is 2.79. The van der Waals surface area contributed by atoms with Crippen molar-refractivity contribution in [2.24, 2.45) is 11.7 Å². The largest absolute Gasteiger partial charge is 0.329 e. The highest BCUT2D eigenvalue weighted by Crippen LogP contribution is 2.35. The smallest absolute Gasteiger partial charge is 0.0566 e. The minimum absolute atomic E-state index is 0.435. The molecule has 0 radical (unpaired) electrons. The Balaban J connectivity index is 2.17. The van der Waals surface area contributed by atoms with Crippen molar-refractivity contribution in [3.05, 3.63) is 21.9 Å². The van der Waals surface area contributed by atoms with Gasteiger partial charge < -0.3 is 5.73 Å². The quantitative estimate of drug-likeness (QED) is 0.884. The van der Waals surface area contributed by atoms with Crippen molar-refractivity contribution in [1.82, 2.24) is 4.90 Å². The first kappa shape index (κ1) is 14.0. The van der Waals surface area contributed by atoms with Crippen LogP contribution in [0.3, 0.4) is 0 Å². The first-order chi connectivity index (χ1) is 8.67. The van der Waals surface area contributed by atoms with E-state index in [1.807, 2.05) is 11.3 Å². The summed E-state index contributed by atoms with van der Waals surface area (Å²) in [6.45, 7) is 8.85. The van der Waals surface area contributed by atoms with Crippen molar-refractivity contribution < 1.29 is 0 Å². The van der Waals surface area contributed by atoms with Crippen molar-refractivity contribution in [2.75, 3.05) is 13.1 Å². The lowest BCUT2D eigenvalue weighted by molar-refractivity contribution is 0.151. The topological polar surface area (TPSA) is 29.3 Å². The molecule has 2 rings (SSSR count). The first-order valence-corrected chi connectivity index (χ1v) is 8.03. The second kappa shape index (κ2) is 6.18. The van der Waals surface area contributed by atoms with Crippen LogP contribution in [0.25, 0.3) is 0 Å². The van der Waals surface area contributed by atoms with Crippen molar-refractivity contribution in [2.45, 2.75) is 52.1 Å². The molecule has 0 saturated carbocycles. The lowest BCUT2D eigenvalue weighted by Crippen LogP contribution is -2.39. The maximum atomic E-state index is 6.06. The van der Waals surface area contributed by atoms with Crippen LogP contribution < -0.4 is 5.73 Å². The van der Waals surface area contributed by atoms with Crippen LogP contribution in [-0.4, -0.2) is 24.0 Å². The number of nitrogens with two attached hydrogens (primary N) is 1. The predicted octanol–water partition coefficient (Wildman–Crippen LogP) is 3.43. The Morgan fingerprint density at radius 2 is 2.22 bits per heavy atom. The lowest BCUT2D eigenvalue weighted by Gasteiger charge is -2.34. The molecule has 0 aliphatic carbocycles. The van der Waals surface area contributed by atoms with Gasteiger partial charge in [-0.3, -0.25) is 4.90 Å². The fraction of sp³-hybridized carbons (Fsp3) is 0.733. The lowest BCUT2D eigenvalue weighted by atomic mass is 10.0. The van der Waals surface area contributed by atoms with Crippen LogP contribution in [0.15, 0.2) is 12.1 Å². The fourth-order valence-electron chi connectivity index (χ4n) is 3.10. The molecule has 1 fully saturated rings. The Labute approximate surface area is 115 Å². The Morgan fingerprint density at radius 1 is 1.44 bits per heavy atom. The summed E-state index contributed by atoms with van der Waals surface area (Å²) in [5.41, 5.74) is 6.06. The van der Waals surface area contributed by atoms with Crippen LogP contribution in [0.5, 0.6) is 0 Å².